The highest BCUT2D eigenvalue weighted by Gasteiger charge is 2.03. The van der Waals surface area contributed by atoms with E-state index in [1.54, 1.807) is 11.3 Å². The fraction of sp³-hybridized carbons (Fsp3) is 0.500. The Hall–Kier alpha value is -0.340. The minimum Gasteiger partial charge on any atom is -0.324 e. The first-order valence-corrected chi connectivity index (χ1v) is 4.42. The number of hydrogen-bond acceptors (Lipinski definition) is 2. The van der Waals surface area contributed by atoms with Crippen LogP contribution in [0.1, 0.15) is 29.8 Å². The Kier molecular flexibility index (Phi) is 2.46. The maximum Gasteiger partial charge on any atom is 0.0300 e. The molecule has 1 aromatic rings. The second-order valence-electron chi connectivity index (χ2n) is 2.51. The van der Waals surface area contributed by atoms with Crippen LogP contribution in [0, 0.1) is 6.92 Å². The van der Waals surface area contributed by atoms with Gasteiger partial charge in [0.2, 0.25) is 0 Å². The summed E-state index contributed by atoms with van der Waals surface area (Å²) in [5, 5.41) is 2.14. The molecule has 10 heavy (non-hydrogen) atoms. The monoisotopic (exact) mass is 155 g/mol. The number of hydrogen-bond donors (Lipinski definition) is 1. The second kappa shape index (κ2) is 3.17. The topological polar surface area (TPSA) is 26.0 Å². The molecule has 0 aromatic carbocycles. The second-order valence-corrected chi connectivity index (χ2v) is 3.62. The quantitative estimate of drug-likeness (QED) is 0.697. The summed E-state index contributed by atoms with van der Waals surface area (Å²) in [7, 11) is 0. The lowest BCUT2D eigenvalue weighted by Gasteiger charge is -2.03. The average molecular weight is 155 g/mol. The van der Waals surface area contributed by atoms with Crippen LogP contribution in [-0.2, 0) is 0 Å². The van der Waals surface area contributed by atoms with Crippen LogP contribution in [0.3, 0.4) is 0 Å². The van der Waals surface area contributed by atoms with E-state index >= 15 is 0 Å². The van der Waals surface area contributed by atoms with Gasteiger partial charge in [-0.05, 0) is 30.4 Å². The van der Waals surface area contributed by atoms with Crippen molar-refractivity contribution in [2.24, 2.45) is 5.73 Å². The predicted molar refractivity (Wildman–Crippen MR) is 46.3 cm³/mol. The molecule has 2 N–H and O–H groups in total. The van der Waals surface area contributed by atoms with E-state index in [1.807, 2.05) is 0 Å². The molecule has 1 aromatic heterocycles. The third kappa shape index (κ3) is 1.58. The summed E-state index contributed by atoms with van der Waals surface area (Å²) in [6, 6.07) is 2.41. The zero-order chi connectivity index (χ0) is 7.56. The van der Waals surface area contributed by atoms with Crippen molar-refractivity contribution in [1.29, 1.82) is 0 Å². The van der Waals surface area contributed by atoms with Crippen molar-refractivity contribution in [3.63, 3.8) is 0 Å². The molecule has 0 aliphatic rings. The highest BCUT2D eigenvalue weighted by Crippen LogP contribution is 2.20. The summed E-state index contributed by atoms with van der Waals surface area (Å²) in [5.41, 5.74) is 7.10. The maximum atomic E-state index is 5.81. The zero-order valence-electron chi connectivity index (χ0n) is 6.42. The van der Waals surface area contributed by atoms with Crippen molar-refractivity contribution in [1.82, 2.24) is 0 Å². The van der Waals surface area contributed by atoms with Gasteiger partial charge in [-0.3, -0.25) is 0 Å². The molecule has 1 heterocycles. The molecule has 1 atom stereocenters. The average Bonchev–Trinajstić information content (AvgIpc) is 2.34. The molecule has 56 valence electrons. The molecule has 0 fully saturated rings. The normalized spacial score (nSPS) is 13.5. The standard InChI is InChI=1S/C8H13NS/c1-3-8(9)7-4-6(2)10-5-7/h4-5,8H,3,9H2,1-2H3/t8-/m0/s1. The summed E-state index contributed by atoms with van der Waals surface area (Å²) in [6.45, 7) is 4.22. The van der Waals surface area contributed by atoms with Gasteiger partial charge in [0.05, 0.1) is 0 Å². The lowest BCUT2D eigenvalue weighted by Crippen LogP contribution is -2.06. The molecule has 0 spiro atoms. The van der Waals surface area contributed by atoms with E-state index in [0.717, 1.165) is 6.42 Å². The Bertz CT molecular complexity index is 205. The fourth-order valence-electron chi connectivity index (χ4n) is 0.894. The molecule has 0 saturated carbocycles. The predicted octanol–water partition coefficient (Wildman–Crippen LogP) is 2.47. The van der Waals surface area contributed by atoms with Gasteiger partial charge < -0.3 is 5.73 Å². The molecule has 0 radical (unpaired) electrons. The molecule has 0 unspecified atom stereocenters. The molecule has 0 amide bonds. The first-order chi connectivity index (χ1) is 4.74. The minimum absolute atomic E-state index is 0.241. The third-order valence-electron chi connectivity index (χ3n) is 1.62. The van der Waals surface area contributed by atoms with Crippen molar-refractivity contribution in [2.75, 3.05) is 0 Å². The maximum absolute atomic E-state index is 5.81. The molecule has 1 nitrogen and oxygen atoms in total. The van der Waals surface area contributed by atoms with Crippen LogP contribution < -0.4 is 5.73 Å². The van der Waals surface area contributed by atoms with Crippen molar-refractivity contribution in [3.8, 4) is 0 Å². The van der Waals surface area contributed by atoms with Gasteiger partial charge in [0, 0.05) is 10.9 Å². The summed E-state index contributed by atoms with van der Waals surface area (Å²) in [5.74, 6) is 0. The third-order valence-corrected chi connectivity index (χ3v) is 2.50. The Morgan fingerprint density at radius 2 is 2.40 bits per heavy atom. The van der Waals surface area contributed by atoms with Crippen molar-refractivity contribution in [2.45, 2.75) is 26.3 Å². The minimum atomic E-state index is 0.241. The van der Waals surface area contributed by atoms with E-state index < -0.39 is 0 Å². The van der Waals surface area contributed by atoms with Crippen LogP contribution in [0.2, 0.25) is 0 Å². The van der Waals surface area contributed by atoms with Crippen LogP contribution in [0.5, 0.6) is 0 Å². The fourth-order valence-corrected chi connectivity index (χ4v) is 1.66. The first-order valence-electron chi connectivity index (χ1n) is 3.54. The first kappa shape index (κ1) is 7.76. The number of aryl methyl sites for hydroxylation is 1. The highest BCUT2D eigenvalue weighted by molar-refractivity contribution is 7.10. The molecule has 0 aliphatic carbocycles. The molecule has 0 saturated heterocycles. The Labute approximate surface area is 65.9 Å². The summed E-state index contributed by atoms with van der Waals surface area (Å²) < 4.78 is 0. The Balaban J connectivity index is 2.74. The van der Waals surface area contributed by atoms with E-state index in [1.165, 1.54) is 10.4 Å². The summed E-state index contributed by atoms with van der Waals surface area (Å²) in [6.07, 6.45) is 1.02. The summed E-state index contributed by atoms with van der Waals surface area (Å²) >= 11 is 1.77. The van der Waals surface area contributed by atoms with Crippen molar-refractivity contribution in [3.05, 3.63) is 21.9 Å². The van der Waals surface area contributed by atoms with E-state index in [9.17, 15) is 0 Å². The molecule has 2 heteroatoms. The molecule has 0 aliphatic heterocycles. The van der Waals surface area contributed by atoms with Crippen LogP contribution in [0.25, 0.3) is 0 Å². The van der Waals surface area contributed by atoms with Crippen LogP contribution in [-0.4, -0.2) is 0 Å². The lowest BCUT2D eigenvalue weighted by molar-refractivity contribution is 0.701. The van der Waals surface area contributed by atoms with Gasteiger partial charge in [0.25, 0.3) is 0 Å². The van der Waals surface area contributed by atoms with Crippen molar-refractivity contribution < 1.29 is 0 Å². The number of rotatable bonds is 2. The van der Waals surface area contributed by atoms with E-state index in [-0.39, 0.29) is 6.04 Å². The molecular formula is C8H13NS. The molecule has 1 rings (SSSR count). The highest BCUT2D eigenvalue weighted by atomic mass is 32.1. The smallest absolute Gasteiger partial charge is 0.0300 e. The van der Waals surface area contributed by atoms with Crippen LogP contribution >= 0.6 is 11.3 Å². The van der Waals surface area contributed by atoms with Crippen LogP contribution in [0.4, 0.5) is 0 Å². The van der Waals surface area contributed by atoms with Gasteiger partial charge in [-0.2, -0.15) is 0 Å². The lowest BCUT2D eigenvalue weighted by atomic mass is 10.1. The van der Waals surface area contributed by atoms with Gasteiger partial charge >= 0.3 is 0 Å². The van der Waals surface area contributed by atoms with Crippen molar-refractivity contribution >= 4 is 11.3 Å². The molecular weight excluding hydrogens is 142 g/mol. The zero-order valence-corrected chi connectivity index (χ0v) is 7.24. The summed E-state index contributed by atoms with van der Waals surface area (Å²) in [4.78, 5) is 1.35. The number of thiophene rings is 1. The van der Waals surface area contributed by atoms with Gasteiger partial charge in [-0.15, -0.1) is 11.3 Å². The van der Waals surface area contributed by atoms with E-state index in [4.69, 9.17) is 5.73 Å². The van der Waals surface area contributed by atoms with E-state index in [2.05, 4.69) is 25.3 Å². The van der Waals surface area contributed by atoms with Gasteiger partial charge in [-0.1, -0.05) is 6.92 Å². The number of nitrogens with two attached hydrogens (primary N) is 1. The SMILES string of the molecule is CC[C@H](N)c1csc(C)c1. The Morgan fingerprint density at radius 1 is 1.70 bits per heavy atom. The van der Waals surface area contributed by atoms with Crippen LogP contribution in [0.15, 0.2) is 11.4 Å². The van der Waals surface area contributed by atoms with Gasteiger partial charge in [0.15, 0.2) is 0 Å². The van der Waals surface area contributed by atoms with Gasteiger partial charge in [-0.25, -0.2) is 0 Å². The largest absolute Gasteiger partial charge is 0.324 e. The molecule has 0 bridgehead atoms. The van der Waals surface area contributed by atoms with Gasteiger partial charge in [0.1, 0.15) is 0 Å². The Morgan fingerprint density at radius 3 is 2.80 bits per heavy atom. The van der Waals surface area contributed by atoms with E-state index in [0.29, 0.717) is 0 Å².